The van der Waals surface area contributed by atoms with Crippen LogP contribution in [-0.2, 0) is 11.3 Å². The van der Waals surface area contributed by atoms with Crippen LogP contribution in [0.3, 0.4) is 0 Å². The van der Waals surface area contributed by atoms with Crippen LogP contribution in [0.4, 0.5) is 0 Å². The van der Waals surface area contributed by atoms with Crippen molar-refractivity contribution in [1.29, 1.82) is 0 Å². The fraction of sp³-hybridized carbons (Fsp3) is 0.429. The van der Waals surface area contributed by atoms with Crippen LogP contribution in [0.15, 0.2) is 42.5 Å². The van der Waals surface area contributed by atoms with Gasteiger partial charge in [0.1, 0.15) is 24.2 Å². The zero-order valence-electron chi connectivity index (χ0n) is 16.1. The van der Waals surface area contributed by atoms with E-state index in [4.69, 9.17) is 23.7 Å². The number of hydrogen-bond acceptors (Lipinski definition) is 6. The average molecular weight is 373 g/mol. The zero-order chi connectivity index (χ0) is 19.1. The van der Waals surface area contributed by atoms with Crippen LogP contribution in [0, 0.1) is 0 Å². The Kier molecular flexibility index (Phi) is 6.79. The highest BCUT2D eigenvalue weighted by molar-refractivity contribution is 5.39. The van der Waals surface area contributed by atoms with Crippen LogP contribution in [0.5, 0.6) is 23.0 Å². The number of methoxy groups -OCH3 is 3. The van der Waals surface area contributed by atoms with Gasteiger partial charge in [0.25, 0.3) is 0 Å². The molecule has 1 fully saturated rings. The highest BCUT2D eigenvalue weighted by Crippen LogP contribution is 2.27. The molecule has 1 unspecified atom stereocenters. The Balaban J connectivity index is 1.58. The van der Waals surface area contributed by atoms with Gasteiger partial charge in [-0.1, -0.05) is 12.1 Å². The van der Waals surface area contributed by atoms with E-state index >= 15 is 0 Å². The maximum atomic E-state index is 5.92. The van der Waals surface area contributed by atoms with E-state index in [0.29, 0.717) is 13.2 Å². The summed E-state index contributed by atoms with van der Waals surface area (Å²) in [5, 5.41) is 0. The maximum Gasteiger partial charge on any atom is 0.161 e. The second-order valence-electron chi connectivity index (χ2n) is 6.41. The van der Waals surface area contributed by atoms with Gasteiger partial charge in [0.05, 0.1) is 27.9 Å². The van der Waals surface area contributed by atoms with Crippen molar-refractivity contribution >= 4 is 0 Å². The lowest BCUT2D eigenvalue weighted by atomic mass is 10.1. The molecule has 0 N–H and O–H groups in total. The molecule has 0 bridgehead atoms. The van der Waals surface area contributed by atoms with E-state index in [2.05, 4.69) is 4.90 Å². The Morgan fingerprint density at radius 2 is 1.67 bits per heavy atom. The minimum atomic E-state index is 0.0103. The van der Waals surface area contributed by atoms with E-state index in [1.165, 1.54) is 0 Å². The van der Waals surface area contributed by atoms with E-state index < -0.39 is 0 Å². The number of hydrogen-bond donors (Lipinski definition) is 0. The Hall–Kier alpha value is -2.44. The topological polar surface area (TPSA) is 49.4 Å². The number of nitrogens with zero attached hydrogens (tertiary/aromatic N) is 1. The molecule has 0 aliphatic carbocycles. The van der Waals surface area contributed by atoms with E-state index in [0.717, 1.165) is 48.2 Å². The Bertz CT molecular complexity index is 714. The summed E-state index contributed by atoms with van der Waals surface area (Å²) in [6.45, 7) is 3.65. The SMILES string of the molecule is COc1cc(CN2CCOC(COc3ccccc3OC)C2)cc(OC)c1. The Morgan fingerprint density at radius 1 is 0.963 bits per heavy atom. The molecular weight excluding hydrogens is 346 g/mol. The van der Waals surface area contributed by atoms with Gasteiger partial charge in [-0.25, -0.2) is 0 Å². The molecule has 0 amide bonds. The van der Waals surface area contributed by atoms with E-state index in [9.17, 15) is 0 Å². The van der Waals surface area contributed by atoms with E-state index in [1.807, 2.05) is 42.5 Å². The minimum absolute atomic E-state index is 0.0103. The summed E-state index contributed by atoms with van der Waals surface area (Å²) in [5.41, 5.74) is 1.15. The second kappa shape index (κ2) is 9.48. The van der Waals surface area contributed by atoms with Gasteiger partial charge >= 0.3 is 0 Å². The molecule has 1 atom stereocenters. The minimum Gasteiger partial charge on any atom is -0.497 e. The highest BCUT2D eigenvalue weighted by Gasteiger charge is 2.22. The first-order valence-electron chi connectivity index (χ1n) is 9.03. The van der Waals surface area contributed by atoms with Crippen molar-refractivity contribution < 1.29 is 23.7 Å². The second-order valence-corrected chi connectivity index (χ2v) is 6.41. The molecule has 1 aliphatic heterocycles. The molecule has 3 rings (SSSR count). The lowest BCUT2D eigenvalue weighted by Gasteiger charge is -2.33. The first kappa shape index (κ1) is 19.3. The molecule has 6 heteroatoms. The lowest BCUT2D eigenvalue weighted by molar-refractivity contribution is -0.0506. The van der Waals surface area contributed by atoms with Crippen molar-refractivity contribution in [3.05, 3.63) is 48.0 Å². The van der Waals surface area contributed by atoms with Crippen molar-refractivity contribution in [2.75, 3.05) is 47.6 Å². The molecule has 0 radical (unpaired) electrons. The fourth-order valence-corrected chi connectivity index (χ4v) is 3.16. The van der Waals surface area contributed by atoms with Crippen molar-refractivity contribution in [2.45, 2.75) is 12.6 Å². The van der Waals surface area contributed by atoms with Gasteiger partial charge in [0.15, 0.2) is 11.5 Å². The normalized spacial score (nSPS) is 17.4. The van der Waals surface area contributed by atoms with Gasteiger partial charge in [-0.05, 0) is 29.8 Å². The van der Waals surface area contributed by atoms with E-state index in [-0.39, 0.29) is 6.10 Å². The fourth-order valence-electron chi connectivity index (χ4n) is 3.16. The summed E-state index contributed by atoms with van der Waals surface area (Å²) in [6.07, 6.45) is 0.0103. The quantitative estimate of drug-likeness (QED) is 0.709. The molecular formula is C21H27NO5. The molecule has 1 saturated heterocycles. The predicted octanol–water partition coefficient (Wildman–Crippen LogP) is 2.99. The number of rotatable bonds is 8. The lowest BCUT2D eigenvalue weighted by Crippen LogP contribution is -2.44. The third-order valence-corrected chi connectivity index (χ3v) is 4.53. The third-order valence-electron chi connectivity index (χ3n) is 4.53. The summed E-state index contributed by atoms with van der Waals surface area (Å²) in [5.74, 6) is 3.06. The molecule has 6 nitrogen and oxygen atoms in total. The van der Waals surface area contributed by atoms with Crippen molar-refractivity contribution in [3.63, 3.8) is 0 Å². The first-order chi connectivity index (χ1) is 13.2. The molecule has 2 aromatic rings. The molecule has 0 spiro atoms. The smallest absolute Gasteiger partial charge is 0.161 e. The van der Waals surface area contributed by atoms with Gasteiger partial charge in [-0.15, -0.1) is 0 Å². The van der Waals surface area contributed by atoms with Crippen molar-refractivity contribution in [2.24, 2.45) is 0 Å². The molecule has 0 saturated carbocycles. The van der Waals surface area contributed by atoms with Crippen LogP contribution in [0.1, 0.15) is 5.56 Å². The summed E-state index contributed by atoms with van der Waals surface area (Å²) in [4.78, 5) is 2.36. The van der Waals surface area contributed by atoms with Crippen LogP contribution in [0.2, 0.25) is 0 Å². The maximum absolute atomic E-state index is 5.92. The third kappa shape index (κ3) is 5.28. The summed E-state index contributed by atoms with van der Waals surface area (Å²) in [6, 6.07) is 13.6. The average Bonchev–Trinajstić information content (AvgIpc) is 2.72. The monoisotopic (exact) mass is 373 g/mol. The molecule has 1 aliphatic rings. The van der Waals surface area contributed by atoms with Crippen LogP contribution >= 0.6 is 0 Å². The van der Waals surface area contributed by atoms with Crippen molar-refractivity contribution in [3.8, 4) is 23.0 Å². The predicted molar refractivity (Wildman–Crippen MR) is 103 cm³/mol. The Morgan fingerprint density at radius 3 is 2.33 bits per heavy atom. The van der Waals surface area contributed by atoms with E-state index in [1.54, 1.807) is 21.3 Å². The number of benzene rings is 2. The summed E-state index contributed by atoms with van der Waals surface area (Å²) in [7, 11) is 4.97. The van der Waals surface area contributed by atoms with Gasteiger partial charge in [-0.3, -0.25) is 4.90 Å². The number of para-hydroxylation sites is 2. The van der Waals surface area contributed by atoms with Crippen LogP contribution in [0.25, 0.3) is 0 Å². The molecule has 27 heavy (non-hydrogen) atoms. The summed E-state index contributed by atoms with van der Waals surface area (Å²) >= 11 is 0. The first-order valence-corrected chi connectivity index (χ1v) is 9.03. The van der Waals surface area contributed by atoms with Crippen molar-refractivity contribution in [1.82, 2.24) is 4.90 Å². The van der Waals surface area contributed by atoms with Gasteiger partial charge < -0.3 is 23.7 Å². The molecule has 146 valence electrons. The largest absolute Gasteiger partial charge is 0.497 e. The molecule has 1 heterocycles. The summed E-state index contributed by atoms with van der Waals surface area (Å²) < 4.78 is 27.8. The molecule has 0 aromatic heterocycles. The van der Waals surface area contributed by atoms with Gasteiger partial charge in [0, 0.05) is 25.7 Å². The number of morpholine rings is 1. The van der Waals surface area contributed by atoms with Gasteiger partial charge in [0.2, 0.25) is 0 Å². The molecule has 2 aromatic carbocycles. The van der Waals surface area contributed by atoms with Crippen LogP contribution in [-0.4, -0.2) is 58.6 Å². The van der Waals surface area contributed by atoms with Crippen LogP contribution < -0.4 is 18.9 Å². The Labute approximate surface area is 160 Å². The van der Waals surface area contributed by atoms with Gasteiger partial charge in [-0.2, -0.15) is 0 Å². The zero-order valence-corrected chi connectivity index (χ0v) is 16.1. The number of ether oxygens (including phenoxy) is 5. The standard InChI is InChI=1S/C21H27NO5/c1-23-17-10-16(11-18(12-17)24-2)13-22-8-9-26-19(14-22)15-27-21-7-5-4-6-20(21)25-3/h4-7,10-12,19H,8-9,13-15H2,1-3H3. The highest BCUT2D eigenvalue weighted by atomic mass is 16.5.